The van der Waals surface area contributed by atoms with Crippen molar-refractivity contribution in [2.45, 2.75) is 76.3 Å². The van der Waals surface area contributed by atoms with Gasteiger partial charge >= 0.3 is 5.97 Å². The first-order valence-corrected chi connectivity index (χ1v) is 8.23. The van der Waals surface area contributed by atoms with E-state index in [1.54, 1.807) is 0 Å². The van der Waals surface area contributed by atoms with Crippen LogP contribution in [0.2, 0.25) is 0 Å². The van der Waals surface area contributed by atoms with Gasteiger partial charge in [0.2, 0.25) is 0 Å². The molecule has 0 aromatic heterocycles. The minimum Gasteiger partial charge on any atom is -0.481 e. The fourth-order valence-corrected chi connectivity index (χ4v) is 4.30. The molecule has 0 aliphatic heterocycles. The first-order valence-electron chi connectivity index (χ1n) is 8.23. The summed E-state index contributed by atoms with van der Waals surface area (Å²) in [5.74, 6) is 1.26. The van der Waals surface area contributed by atoms with Crippen LogP contribution in [0.5, 0.6) is 0 Å². The number of rotatable bonds is 4. The quantitative estimate of drug-likeness (QED) is 0.820. The summed E-state index contributed by atoms with van der Waals surface area (Å²) in [6.07, 6.45) is 12.5. The summed E-state index contributed by atoms with van der Waals surface area (Å²) in [6, 6.07) is 1.35. The molecule has 19 heavy (non-hydrogen) atoms. The second kappa shape index (κ2) is 5.82. The molecule has 2 atom stereocenters. The zero-order valence-electron chi connectivity index (χ0n) is 11.8. The maximum Gasteiger partial charge on any atom is 0.306 e. The first-order chi connectivity index (χ1) is 9.24. The number of hydrogen-bond donors (Lipinski definition) is 2. The van der Waals surface area contributed by atoms with Gasteiger partial charge < -0.3 is 10.4 Å². The molecule has 3 aliphatic rings. The third kappa shape index (κ3) is 3.31. The van der Waals surface area contributed by atoms with Crippen molar-refractivity contribution in [3.63, 3.8) is 0 Å². The molecule has 0 bridgehead atoms. The van der Waals surface area contributed by atoms with Gasteiger partial charge in [0.05, 0.1) is 5.92 Å². The SMILES string of the molecule is O=C(O)C1CCC(NC2CC2C2CCCCC2)CC1. The second-order valence-electron chi connectivity index (χ2n) is 6.96. The normalized spacial score (nSPS) is 40.0. The van der Waals surface area contributed by atoms with Crippen molar-refractivity contribution < 1.29 is 9.90 Å². The van der Waals surface area contributed by atoms with Crippen LogP contribution >= 0.6 is 0 Å². The maximum atomic E-state index is 10.9. The van der Waals surface area contributed by atoms with Crippen molar-refractivity contribution in [2.24, 2.45) is 17.8 Å². The van der Waals surface area contributed by atoms with Gasteiger partial charge in [-0.3, -0.25) is 4.79 Å². The lowest BCUT2D eigenvalue weighted by Crippen LogP contribution is -2.37. The van der Waals surface area contributed by atoms with Crippen LogP contribution in [0.1, 0.15) is 64.2 Å². The molecule has 3 saturated carbocycles. The highest BCUT2D eigenvalue weighted by Crippen LogP contribution is 2.45. The molecule has 3 nitrogen and oxygen atoms in total. The number of carbonyl (C=O) groups is 1. The van der Waals surface area contributed by atoms with Crippen LogP contribution in [0.15, 0.2) is 0 Å². The van der Waals surface area contributed by atoms with Gasteiger partial charge in [-0.1, -0.05) is 32.1 Å². The number of carboxylic acids is 1. The van der Waals surface area contributed by atoms with Crippen LogP contribution < -0.4 is 5.32 Å². The first kappa shape index (κ1) is 13.4. The summed E-state index contributed by atoms with van der Waals surface area (Å²) in [5, 5.41) is 12.8. The second-order valence-corrected chi connectivity index (χ2v) is 6.96. The Morgan fingerprint density at radius 3 is 2.26 bits per heavy atom. The predicted octanol–water partition coefficient (Wildman–Crippen LogP) is 3.19. The van der Waals surface area contributed by atoms with Crippen molar-refractivity contribution in [1.82, 2.24) is 5.32 Å². The Kier molecular flexibility index (Phi) is 4.11. The van der Waals surface area contributed by atoms with Crippen LogP contribution in [0.3, 0.4) is 0 Å². The van der Waals surface area contributed by atoms with E-state index in [2.05, 4.69) is 5.32 Å². The van der Waals surface area contributed by atoms with Crippen molar-refractivity contribution in [3.8, 4) is 0 Å². The van der Waals surface area contributed by atoms with E-state index in [0.717, 1.165) is 43.6 Å². The zero-order chi connectivity index (χ0) is 13.2. The molecule has 0 aromatic rings. The lowest BCUT2D eigenvalue weighted by molar-refractivity contribution is -0.142. The van der Waals surface area contributed by atoms with Gasteiger partial charge in [0.25, 0.3) is 0 Å². The van der Waals surface area contributed by atoms with Gasteiger partial charge in [-0.25, -0.2) is 0 Å². The molecule has 3 aliphatic carbocycles. The van der Waals surface area contributed by atoms with Gasteiger partial charge in [0.1, 0.15) is 0 Å². The van der Waals surface area contributed by atoms with E-state index in [0.29, 0.717) is 6.04 Å². The summed E-state index contributed by atoms with van der Waals surface area (Å²) in [5.41, 5.74) is 0. The Labute approximate surface area is 116 Å². The van der Waals surface area contributed by atoms with Gasteiger partial charge in [0, 0.05) is 12.1 Å². The molecule has 0 heterocycles. The maximum absolute atomic E-state index is 10.9. The highest BCUT2D eigenvalue weighted by Gasteiger charge is 2.43. The van der Waals surface area contributed by atoms with E-state index < -0.39 is 5.97 Å². The summed E-state index contributed by atoms with van der Waals surface area (Å²) in [6.45, 7) is 0. The Bertz CT molecular complexity index is 317. The lowest BCUT2D eigenvalue weighted by Gasteiger charge is -2.28. The Hall–Kier alpha value is -0.570. The van der Waals surface area contributed by atoms with E-state index >= 15 is 0 Å². The van der Waals surface area contributed by atoms with Crippen molar-refractivity contribution in [3.05, 3.63) is 0 Å². The Morgan fingerprint density at radius 1 is 0.947 bits per heavy atom. The zero-order valence-corrected chi connectivity index (χ0v) is 11.8. The number of carboxylic acid groups (broad SMARTS) is 1. The molecule has 0 saturated heterocycles. The molecule has 3 heteroatoms. The molecule has 0 spiro atoms. The Balaban J connectivity index is 1.38. The fourth-order valence-electron chi connectivity index (χ4n) is 4.30. The topological polar surface area (TPSA) is 49.3 Å². The van der Waals surface area contributed by atoms with E-state index in [9.17, 15) is 4.79 Å². The number of nitrogens with one attached hydrogen (secondary N) is 1. The minimum absolute atomic E-state index is 0.0774. The summed E-state index contributed by atoms with van der Waals surface area (Å²) >= 11 is 0. The molecule has 0 aromatic carbocycles. The largest absolute Gasteiger partial charge is 0.481 e. The van der Waals surface area contributed by atoms with Crippen LogP contribution in [-0.2, 0) is 4.79 Å². The van der Waals surface area contributed by atoms with E-state index in [4.69, 9.17) is 5.11 Å². The van der Waals surface area contributed by atoms with Crippen LogP contribution in [0.4, 0.5) is 0 Å². The van der Waals surface area contributed by atoms with Crippen LogP contribution in [0.25, 0.3) is 0 Å². The van der Waals surface area contributed by atoms with E-state index in [1.807, 2.05) is 0 Å². The highest BCUT2D eigenvalue weighted by molar-refractivity contribution is 5.70. The summed E-state index contributed by atoms with van der Waals surface area (Å²) in [4.78, 5) is 10.9. The van der Waals surface area contributed by atoms with Crippen LogP contribution in [-0.4, -0.2) is 23.2 Å². The average molecular weight is 265 g/mol. The molecule has 108 valence electrons. The smallest absolute Gasteiger partial charge is 0.306 e. The van der Waals surface area contributed by atoms with E-state index in [1.165, 1.54) is 38.5 Å². The van der Waals surface area contributed by atoms with Gasteiger partial charge in [-0.2, -0.15) is 0 Å². The molecule has 0 amide bonds. The highest BCUT2D eigenvalue weighted by atomic mass is 16.4. The van der Waals surface area contributed by atoms with Gasteiger partial charge in [0.15, 0.2) is 0 Å². The van der Waals surface area contributed by atoms with Crippen molar-refractivity contribution in [2.75, 3.05) is 0 Å². The predicted molar refractivity (Wildman–Crippen MR) is 75.0 cm³/mol. The average Bonchev–Trinajstić information content (AvgIpc) is 3.20. The molecular weight excluding hydrogens is 238 g/mol. The number of aliphatic carboxylic acids is 1. The standard InChI is InChI=1S/C16H27NO2/c18-16(19)12-6-8-13(9-7-12)17-15-10-14(15)11-4-2-1-3-5-11/h11-15,17H,1-10H2,(H,18,19). The summed E-state index contributed by atoms with van der Waals surface area (Å²) < 4.78 is 0. The third-order valence-electron chi connectivity index (χ3n) is 5.62. The monoisotopic (exact) mass is 265 g/mol. The lowest BCUT2D eigenvalue weighted by atomic mass is 9.85. The molecule has 2 N–H and O–H groups in total. The van der Waals surface area contributed by atoms with Gasteiger partial charge in [-0.15, -0.1) is 0 Å². The molecule has 3 rings (SSSR count). The van der Waals surface area contributed by atoms with Gasteiger partial charge in [-0.05, 0) is 43.9 Å². The molecular formula is C16H27NO2. The van der Waals surface area contributed by atoms with Crippen LogP contribution in [0, 0.1) is 17.8 Å². The molecule has 2 unspecified atom stereocenters. The molecule has 0 radical (unpaired) electrons. The third-order valence-corrected chi connectivity index (χ3v) is 5.62. The number of hydrogen-bond acceptors (Lipinski definition) is 2. The minimum atomic E-state index is -0.593. The Morgan fingerprint density at radius 2 is 1.63 bits per heavy atom. The molecule has 3 fully saturated rings. The van der Waals surface area contributed by atoms with Crippen molar-refractivity contribution >= 4 is 5.97 Å². The van der Waals surface area contributed by atoms with Crippen molar-refractivity contribution in [1.29, 1.82) is 0 Å². The summed E-state index contributed by atoms with van der Waals surface area (Å²) in [7, 11) is 0. The fraction of sp³-hybridized carbons (Fsp3) is 0.938. The van der Waals surface area contributed by atoms with E-state index in [-0.39, 0.29) is 5.92 Å².